The fourth-order valence-electron chi connectivity index (χ4n) is 5.41. The van der Waals surface area contributed by atoms with Crippen LogP contribution < -0.4 is 4.90 Å². The number of carbonyl (C=O) groups excluding carboxylic acids is 3. The number of benzene rings is 2. The Morgan fingerprint density at radius 2 is 1.90 bits per heavy atom. The van der Waals surface area contributed by atoms with Gasteiger partial charge in [-0.2, -0.15) is 13.2 Å². The number of rotatable bonds is 7. The third-order valence-corrected chi connectivity index (χ3v) is 7.02. The van der Waals surface area contributed by atoms with E-state index in [9.17, 15) is 27.6 Å². The van der Waals surface area contributed by atoms with Crippen molar-refractivity contribution in [2.75, 3.05) is 25.1 Å². The molecular weight excluding hydrogens is 519 g/mol. The predicted octanol–water partition coefficient (Wildman–Crippen LogP) is 5.54. The molecule has 0 spiro atoms. The monoisotopic (exact) mass is 545 g/mol. The molecule has 0 unspecified atom stereocenters. The van der Waals surface area contributed by atoms with Gasteiger partial charge in [0, 0.05) is 35.6 Å². The Morgan fingerprint density at radius 1 is 1.15 bits per heavy atom. The van der Waals surface area contributed by atoms with Gasteiger partial charge in [-0.3, -0.25) is 4.79 Å². The minimum Gasteiger partial charge on any atom is -0.465 e. The van der Waals surface area contributed by atoms with E-state index in [-0.39, 0.29) is 49.4 Å². The van der Waals surface area contributed by atoms with Crippen LogP contribution in [0.25, 0.3) is 10.4 Å². The molecule has 206 valence electrons. The number of fused-ring (bicyclic) bond motifs is 3. The Bertz CT molecular complexity index is 1280. The summed E-state index contributed by atoms with van der Waals surface area (Å²) in [6.07, 6.45) is -5.20. The lowest BCUT2D eigenvalue weighted by Crippen LogP contribution is -2.54. The molecule has 1 saturated heterocycles. The first-order chi connectivity index (χ1) is 18.7. The van der Waals surface area contributed by atoms with Crippen LogP contribution in [0.3, 0.4) is 0 Å². The molecule has 0 N–H and O–H groups in total. The van der Waals surface area contributed by atoms with E-state index in [0.717, 1.165) is 5.56 Å². The molecule has 1 fully saturated rings. The van der Waals surface area contributed by atoms with Crippen molar-refractivity contribution < 1.29 is 37.0 Å². The lowest BCUT2D eigenvalue weighted by atomic mass is 9.79. The van der Waals surface area contributed by atoms with Gasteiger partial charge in [0.25, 0.3) is 0 Å². The molecule has 0 radical (unpaired) electrons. The second-order valence-corrected chi connectivity index (χ2v) is 9.23. The van der Waals surface area contributed by atoms with Gasteiger partial charge in [0.1, 0.15) is 6.61 Å². The molecule has 3 atom stereocenters. The van der Waals surface area contributed by atoms with Crippen molar-refractivity contribution in [3.8, 4) is 0 Å². The normalized spacial score (nSPS) is 19.9. The molecule has 10 nitrogen and oxygen atoms in total. The van der Waals surface area contributed by atoms with Gasteiger partial charge in [0.15, 0.2) is 0 Å². The number of methoxy groups -OCH3 is 1. The number of anilines is 1. The summed E-state index contributed by atoms with van der Waals surface area (Å²) in [5.74, 6) is -3.35. The van der Waals surface area contributed by atoms with E-state index in [1.165, 1.54) is 30.2 Å². The molecule has 2 heterocycles. The zero-order chi connectivity index (χ0) is 28.2. The van der Waals surface area contributed by atoms with Crippen molar-refractivity contribution in [3.63, 3.8) is 0 Å². The summed E-state index contributed by atoms with van der Waals surface area (Å²) in [4.78, 5) is 43.1. The number of halogens is 3. The molecule has 2 amide bonds. The molecular formula is C26H26F3N5O5. The Hall–Kier alpha value is -4.25. The van der Waals surface area contributed by atoms with Crippen molar-refractivity contribution in [1.29, 1.82) is 0 Å². The molecule has 0 bridgehead atoms. The Kier molecular flexibility index (Phi) is 8.29. The quantitative estimate of drug-likeness (QED) is 0.149. The highest BCUT2D eigenvalue weighted by atomic mass is 19.4. The van der Waals surface area contributed by atoms with Crippen LogP contribution in [-0.2, 0) is 20.9 Å². The van der Waals surface area contributed by atoms with Crippen molar-refractivity contribution >= 4 is 23.7 Å². The zero-order valence-electron chi connectivity index (χ0n) is 21.0. The maximum Gasteiger partial charge on any atom is 0.471 e. The summed E-state index contributed by atoms with van der Waals surface area (Å²) >= 11 is 0. The summed E-state index contributed by atoms with van der Waals surface area (Å²) in [5.41, 5.74) is 9.60. The number of amides is 2. The average Bonchev–Trinajstić information content (AvgIpc) is 3.38. The van der Waals surface area contributed by atoms with E-state index < -0.39 is 42.1 Å². The number of alkyl halides is 3. The van der Waals surface area contributed by atoms with E-state index >= 15 is 0 Å². The average molecular weight is 546 g/mol. The van der Waals surface area contributed by atoms with Crippen molar-refractivity contribution in [3.05, 3.63) is 75.7 Å². The van der Waals surface area contributed by atoms with Gasteiger partial charge in [0.05, 0.1) is 18.7 Å². The molecule has 39 heavy (non-hydrogen) atoms. The van der Waals surface area contributed by atoms with Crippen LogP contribution in [0.2, 0.25) is 0 Å². The van der Waals surface area contributed by atoms with Gasteiger partial charge in [-0.15, -0.1) is 0 Å². The lowest BCUT2D eigenvalue weighted by Gasteiger charge is -2.45. The number of carbonyl (C=O) groups is 3. The summed E-state index contributed by atoms with van der Waals surface area (Å²) in [7, 11) is 1.17. The van der Waals surface area contributed by atoms with E-state index in [2.05, 4.69) is 10.0 Å². The molecule has 0 aromatic heterocycles. The maximum absolute atomic E-state index is 13.8. The molecule has 2 aromatic rings. The van der Waals surface area contributed by atoms with Gasteiger partial charge < -0.3 is 19.3 Å². The van der Waals surface area contributed by atoms with Crippen LogP contribution >= 0.6 is 0 Å². The number of nitrogens with zero attached hydrogens (tertiary/aromatic N) is 5. The van der Waals surface area contributed by atoms with Crippen LogP contribution in [-0.4, -0.2) is 55.3 Å². The zero-order valence-corrected chi connectivity index (χ0v) is 21.0. The maximum atomic E-state index is 13.8. The molecule has 0 saturated carbocycles. The third kappa shape index (κ3) is 5.78. The molecule has 0 aliphatic carbocycles. The topological polar surface area (TPSA) is 125 Å². The molecule has 13 heteroatoms. The first kappa shape index (κ1) is 27.8. The molecule has 2 aromatic carbocycles. The Labute approximate surface area is 221 Å². The van der Waals surface area contributed by atoms with Crippen LogP contribution in [0.4, 0.5) is 23.7 Å². The van der Waals surface area contributed by atoms with E-state index in [4.69, 9.17) is 15.0 Å². The molecule has 2 aliphatic rings. The summed E-state index contributed by atoms with van der Waals surface area (Å²) in [6.45, 7) is 0.206. The Morgan fingerprint density at radius 3 is 2.56 bits per heavy atom. The van der Waals surface area contributed by atoms with Gasteiger partial charge in [0.2, 0.25) is 0 Å². The first-order valence-corrected chi connectivity index (χ1v) is 12.3. The first-order valence-electron chi connectivity index (χ1n) is 12.3. The van der Waals surface area contributed by atoms with E-state index in [1.54, 1.807) is 24.3 Å². The second-order valence-electron chi connectivity index (χ2n) is 9.23. The van der Waals surface area contributed by atoms with Gasteiger partial charge in [-0.1, -0.05) is 35.4 Å². The minimum absolute atomic E-state index is 0.00308. The van der Waals surface area contributed by atoms with Gasteiger partial charge in [-0.05, 0) is 54.1 Å². The number of hydrogen-bond acceptors (Lipinski definition) is 6. The van der Waals surface area contributed by atoms with Crippen LogP contribution in [0.1, 0.15) is 46.8 Å². The van der Waals surface area contributed by atoms with E-state index in [1.807, 2.05) is 6.07 Å². The summed E-state index contributed by atoms with van der Waals surface area (Å²) < 4.78 is 51.7. The van der Waals surface area contributed by atoms with Crippen LogP contribution in [0, 0.1) is 5.92 Å². The molecule has 4 rings (SSSR count). The Balaban J connectivity index is 1.76. The summed E-state index contributed by atoms with van der Waals surface area (Å²) in [5, 5.41) is 3.46. The third-order valence-electron chi connectivity index (χ3n) is 7.02. The highest BCUT2D eigenvalue weighted by Gasteiger charge is 2.54. The number of likely N-dealkylation sites (tertiary alicyclic amines) is 1. The van der Waals surface area contributed by atoms with E-state index in [0.29, 0.717) is 11.3 Å². The smallest absolute Gasteiger partial charge is 0.465 e. The number of azide groups is 1. The minimum atomic E-state index is -5.17. The lowest BCUT2D eigenvalue weighted by molar-refractivity contribution is -0.171. The fraction of sp³-hybridized carbons (Fsp3) is 0.423. The highest BCUT2D eigenvalue weighted by Crippen LogP contribution is 2.51. The molecule has 2 aliphatic heterocycles. The number of ether oxygens (including phenoxy) is 2. The SMILES string of the molecule is COC(=O)c1ccc2c(c1)[C@@H]1[C@@H](CCN1C(=O)OCc1ccccc1)[C@H](CCCN=[N+]=[N-])N2C(=O)C(F)(F)F. The van der Waals surface area contributed by atoms with Crippen molar-refractivity contribution in [2.24, 2.45) is 11.0 Å². The van der Waals surface area contributed by atoms with Gasteiger partial charge in [-0.25, -0.2) is 9.59 Å². The predicted molar refractivity (Wildman–Crippen MR) is 133 cm³/mol. The van der Waals surface area contributed by atoms with Crippen molar-refractivity contribution in [2.45, 2.75) is 44.1 Å². The van der Waals surface area contributed by atoms with Gasteiger partial charge >= 0.3 is 24.1 Å². The highest BCUT2D eigenvalue weighted by molar-refractivity contribution is 6.00. The fourth-order valence-corrected chi connectivity index (χ4v) is 5.41. The van der Waals surface area contributed by atoms with Crippen molar-refractivity contribution in [1.82, 2.24) is 4.90 Å². The largest absolute Gasteiger partial charge is 0.471 e. The van der Waals surface area contributed by atoms with Crippen LogP contribution in [0.15, 0.2) is 53.6 Å². The standard InChI is InChI=1S/C26H26F3N5O5/c1-38-23(35)17-9-10-21-19(14-17)22-18(11-13-33(22)25(37)39-15-16-6-3-2-4-7-16)20(8-5-12-31-32-30)34(21)24(36)26(27,28)29/h2-4,6-7,9-10,14,18,20,22H,5,8,11-13,15H2,1H3/t18-,20-,22-/m0/s1. The second kappa shape index (κ2) is 11.6. The van der Waals surface area contributed by atoms with Crippen LogP contribution in [0.5, 0.6) is 0 Å². The number of esters is 1. The number of hydrogen-bond donors (Lipinski definition) is 0. The summed E-state index contributed by atoms with van der Waals surface area (Å²) in [6, 6.07) is 11.2.